The zero-order valence-electron chi connectivity index (χ0n) is 13.0. The average molecular weight is 320 g/mol. The van der Waals surface area contributed by atoms with Gasteiger partial charge in [0.15, 0.2) is 0 Å². The molecule has 22 heavy (non-hydrogen) atoms. The first-order chi connectivity index (χ1) is 10.8. The van der Waals surface area contributed by atoms with Crippen molar-refractivity contribution in [2.24, 2.45) is 0 Å². The summed E-state index contributed by atoms with van der Waals surface area (Å²) >= 11 is 1.83. The summed E-state index contributed by atoms with van der Waals surface area (Å²) in [7, 11) is 0. The molecule has 1 aromatic rings. The second-order valence-electron chi connectivity index (χ2n) is 6.89. The van der Waals surface area contributed by atoms with Crippen LogP contribution in [-0.2, 0) is 4.79 Å². The molecule has 2 saturated heterocycles. The molecule has 3 heterocycles. The Balaban J connectivity index is 1.27. The summed E-state index contributed by atoms with van der Waals surface area (Å²) in [6.45, 7) is 4.56. The third-order valence-corrected chi connectivity index (χ3v) is 6.39. The molecule has 1 saturated carbocycles. The molecular weight excluding hydrogens is 296 g/mol. The van der Waals surface area contributed by atoms with E-state index in [-0.39, 0.29) is 0 Å². The number of carbonyl (C=O) groups is 1. The van der Waals surface area contributed by atoms with Crippen molar-refractivity contribution in [2.75, 3.05) is 32.7 Å². The van der Waals surface area contributed by atoms with Gasteiger partial charge in [0.05, 0.1) is 6.54 Å². The highest BCUT2D eigenvalue weighted by atomic mass is 32.1. The van der Waals surface area contributed by atoms with E-state index in [0.717, 1.165) is 39.0 Å². The number of carbonyl (C=O) groups excluding carboxylic acids is 1. The Labute approximate surface area is 135 Å². The van der Waals surface area contributed by atoms with E-state index < -0.39 is 0 Å². The largest absolute Gasteiger partial charge is 0.342 e. The SMILES string of the molecule is O=C(CN1CCC(c2nnc(C3CC3)s2)CC1)N1CCCC1. The van der Waals surface area contributed by atoms with Gasteiger partial charge < -0.3 is 4.90 Å². The maximum atomic E-state index is 12.2. The molecule has 6 heteroatoms. The van der Waals surface area contributed by atoms with Crippen molar-refractivity contribution in [3.63, 3.8) is 0 Å². The molecule has 1 aliphatic carbocycles. The first kappa shape index (κ1) is 14.6. The van der Waals surface area contributed by atoms with E-state index >= 15 is 0 Å². The molecular formula is C16H24N4OS. The molecule has 2 aliphatic heterocycles. The lowest BCUT2D eigenvalue weighted by Gasteiger charge is -2.31. The highest BCUT2D eigenvalue weighted by Crippen LogP contribution is 2.43. The third kappa shape index (κ3) is 3.18. The van der Waals surface area contributed by atoms with Crippen molar-refractivity contribution < 1.29 is 4.79 Å². The van der Waals surface area contributed by atoms with Crippen LogP contribution in [0.4, 0.5) is 0 Å². The third-order valence-electron chi connectivity index (χ3n) is 5.14. The smallest absolute Gasteiger partial charge is 0.236 e. The van der Waals surface area contributed by atoms with Crippen molar-refractivity contribution in [1.29, 1.82) is 0 Å². The number of nitrogens with zero attached hydrogens (tertiary/aromatic N) is 4. The lowest BCUT2D eigenvalue weighted by Crippen LogP contribution is -2.42. The van der Waals surface area contributed by atoms with Gasteiger partial charge in [-0.3, -0.25) is 9.69 Å². The highest BCUT2D eigenvalue weighted by molar-refractivity contribution is 7.11. The number of amides is 1. The summed E-state index contributed by atoms with van der Waals surface area (Å²) in [6, 6.07) is 0. The Kier molecular flexibility index (Phi) is 4.13. The van der Waals surface area contributed by atoms with Crippen LogP contribution in [0.2, 0.25) is 0 Å². The summed E-state index contributed by atoms with van der Waals surface area (Å²) in [4.78, 5) is 16.6. The molecule has 3 fully saturated rings. The second kappa shape index (κ2) is 6.24. The molecule has 0 bridgehead atoms. The number of likely N-dealkylation sites (tertiary alicyclic amines) is 2. The van der Waals surface area contributed by atoms with E-state index in [0.29, 0.717) is 24.3 Å². The Morgan fingerprint density at radius 2 is 1.55 bits per heavy atom. The zero-order chi connectivity index (χ0) is 14.9. The predicted molar refractivity (Wildman–Crippen MR) is 86.1 cm³/mol. The number of rotatable bonds is 4. The quantitative estimate of drug-likeness (QED) is 0.853. The number of hydrogen-bond donors (Lipinski definition) is 0. The topological polar surface area (TPSA) is 49.3 Å². The van der Waals surface area contributed by atoms with Gasteiger partial charge in [-0.2, -0.15) is 0 Å². The summed E-state index contributed by atoms with van der Waals surface area (Å²) < 4.78 is 0. The maximum absolute atomic E-state index is 12.2. The molecule has 120 valence electrons. The molecule has 4 rings (SSSR count). The van der Waals surface area contributed by atoms with Gasteiger partial charge >= 0.3 is 0 Å². The lowest BCUT2D eigenvalue weighted by atomic mass is 9.98. The Morgan fingerprint density at radius 3 is 2.14 bits per heavy atom. The molecule has 0 unspecified atom stereocenters. The van der Waals surface area contributed by atoms with Gasteiger partial charge in [0, 0.05) is 24.9 Å². The number of aromatic nitrogens is 2. The Bertz CT molecular complexity index is 528. The fourth-order valence-corrected chi connectivity index (χ4v) is 4.68. The maximum Gasteiger partial charge on any atom is 0.236 e. The molecule has 0 atom stereocenters. The summed E-state index contributed by atoms with van der Waals surface area (Å²) in [6.07, 6.45) is 7.18. The molecule has 0 aromatic carbocycles. The van der Waals surface area contributed by atoms with Gasteiger partial charge in [0.1, 0.15) is 10.0 Å². The molecule has 0 radical (unpaired) electrons. The average Bonchev–Trinajstić information content (AvgIpc) is 3.05. The van der Waals surface area contributed by atoms with Gasteiger partial charge in [0.25, 0.3) is 0 Å². The van der Waals surface area contributed by atoms with E-state index in [1.165, 1.54) is 35.7 Å². The fraction of sp³-hybridized carbons (Fsp3) is 0.812. The van der Waals surface area contributed by atoms with Gasteiger partial charge in [-0.1, -0.05) is 0 Å². The van der Waals surface area contributed by atoms with Crippen molar-refractivity contribution >= 4 is 17.2 Å². The summed E-state index contributed by atoms with van der Waals surface area (Å²) in [5.74, 6) is 1.59. The van der Waals surface area contributed by atoms with Crippen LogP contribution in [-0.4, -0.2) is 58.6 Å². The highest BCUT2D eigenvalue weighted by Gasteiger charge is 2.30. The molecule has 5 nitrogen and oxygen atoms in total. The van der Waals surface area contributed by atoms with Gasteiger partial charge in [0.2, 0.25) is 5.91 Å². The van der Waals surface area contributed by atoms with Crippen LogP contribution in [0.5, 0.6) is 0 Å². The molecule has 3 aliphatic rings. The predicted octanol–water partition coefficient (Wildman–Crippen LogP) is 2.22. The normalized spacial score (nSPS) is 24.1. The summed E-state index contributed by atoms with van der Waals surface area (Å²) in [5.41, 5.74) is 0. The van der Waals surface area contributed by atoms with E-state index in [9.17, 15) is 4.79 Å². The molecule has 1 amide bonds. The molecule has 0 N–H and O–H groups in total. The van der Waals surface area contributed by atoms with E-state index in [4.69, 9.17) is 0 Å². The van der Waals surface area contributed by atoms with E-state index in [1.807, 2.05) is 16.2 Å². The van der Waals surface area contributed by atoms with Gasteiger partial charge in [-0.15, -0.1) is 21.5 Å². The standard InChI is InChI=1S/C16H24N4OS/c21-14(20-7-1-2-8-20)11-19-9-5-13(6-10-19)16-18-17-15(22-16)12-3-4-12/h12-13H,1-11H2. The minimum atomic E-state index is 0.322. The number of piperidine rings is 1. The van der Waals surface area contributed by atoms with Crippen LogP contribution in [0.15, 0.2) is 0 Å². The second-order valence-corrected chi connectivity index (χ2v) is 7.93. The Morgan fingerprint density at radius 1 is 0.955 bits per heavy atom. The van der Waals surface area contributed by atoms with Crippen LogP contribution >= 0.6 is 11.3 Å². The Hall–Kier alpha value is -1.01. The van der Waals surface area contributed by atoms with Crippen molar-refractivity contribution in [3.05, 3.63) is 10.0 Å². The first-order valence-corrected chi connectivity index (χ1v) is 9.44. The minimum absolute atomic E-state index is 0.322. The van der Waals surface area contributed by atoms with Crippen molar-refractivity contribution in [2.45, 2.75) is 50.4 Å². The lowest BCUT2D eigenvalue weighted by molar-refractivity contribution is -0.131. The summed E-state index contributed by atoms with van der Waals surface area (Å²) in [5, 5.41) is 11.3. The molecule has 0 spiro atoms. The van der Waals surface area contributed by atoms with Crippen LogP contribution in [0, 0.1) is 0 Å². The fourth-order valence-electron chi connectivity index (χ4n) is 3.50. The van der Waals surface area contributed by atoms with E-state index in [2.05, 4.69) is 15.1 Å². The van der Waals surface area contributed by atoms with Crippen molar-refractivity contribution in [1.82, 2.24) is 20.0 Å². The van der Waals surface area contributed by atoms with Crippen LogP contribution < -0.4 is 0 Å². The van der Waals surface area contributed by atoms with Crippen LogP contribution in [0.1, 0.15) is 60.4 Å². The van der Waals surface area contributed by atoms with Crippen molar-refractivity contribution in [3.8, 4) is 0 Å². The minimum Gasteiger partial charge on any atom is -0.342 e. The number of hydrogen-bond acceptors (Lipinski definition) is 5. The zero-order valence-corrected chi connectivity index (χ0v) is 13.9. The van der Waals surface area contributed by atoms with Gasteiger partial charge in [-0.25, -0.2) is 0 Å². The van der Waals surface area contributed by atoms with Crippen LogP contribution in [0.25, 0.3) is 0 Å². The van der Waals surface area contributed by atoms with Gasteiger partial charge in [-0.05, 0) is 51.6 Å². The molecule has 1 aromatic heterocycles. The van der Waals surface area contributed by atoms with Crippen LogP contribution in [0.3, 0.4) is 0 Å². The first-order valence-electron chi connectivity index (χ1n) is 8.63. The monoisotopic (exact) mass is 320 g/mol. The van der Waals surface area contributed by atoms with E-state index in [1.54, 1.807) is 0 Å².